The lowest BCUT2D eigenvalue weighted by Crippen LogP contribution is -2.45. The fraction of sp³-hybridized carbons (Fsp3) is 0.263. The number of hydrogen-bond acceptors (Lipinski definition) is 4. The second-order valence-electron chi connectivity index (χ2n) is 5.94. The molecule has 0 heterocycles. The minimum Gasteiger partial charge on any atom is -0.483 e. The van der Waals surface area contributed by atoms with Crippen LogP contribution in [-0.4, -0.2) is 25.0 Å². The lowest BCUT2D eigenvalue weighted by Gasteiger charge is -2.14. The molecule has 144 valence electrons. The van der Waals surface area contributed by atoms with Crippen LogP contribution in [0.3, 0.4) is 0 Å². The summed E-state index contributed by atoms with van der Waals surface area (Å²) in [5, 5.41) is 0.750. The molecule has 0 fully saturated rings. The van der Waals surface area contributed by atoms with Gasteiger partial charge in [-0.3, -0.25) is 20.4 Å². The third kappa shape index (κ3) is 6.66. The largest absolute Gasteiger partial charge is 0.483 e. The number of para-hydroxylation sites is 1. The van der Waals surface area contributed by atoms with Crippen LogP contribution in [0.15, 0.2) is 42.5 Å². The molecule has 2 N–H and O–H groups in total. The second-order valence-corrected chi connectivity index (χ2v) is 6.78. The van der Waals surface area contributed by atoms with Gasteiger partial charge in [0, 0.05) is 5.02 Å². The van der Waals surface area contributed by atoms with Crippen LogP contribution < -0.4 is 20.3 Å². The summed E-state index contributed by atoms with van der Waals surface area (Å²) >= 11 is 11.7. The number of hydrazine groups is 1. The molecule has 0 atom stereocenters. The summed E-state index contributed by atoms with van der Waals surface area (Å²) in [6.45, 7) is 3.53. The Morgan fingerprint density at radius 2 is 1.52 bits per heavy atom. The number of carbonyl (C=O) groups excluding carboxylic acids is 2. The first-order valence-corrected chi connectivity index (χ1v) is 8.99. The highest BCUT2D eigenvalue weighted by atomic mass is 35.5. The minimum absolute atomic E-state index is 0.228. The lowest BCUT2D eigenvalue weighted by atomic mass is 10.0. The molecule has 2 aromatic carbocycles. The van der Waals surface area contributed by atoms with E-state index in [1.807, 2.05) is 32.0 Å². The molecule has 27 heavy (non-hydrogen) atoms. The molecule has 2 aromatic rings. The molecule has 0 bridgehead atoms. The number of nitrogens with one attached hydrogen (secondary N) is 2. The molecule has 0 unspecified atom stereocenters. The van der Waals surface area contributed by atoms with E-state index in [-0.39, 0.29) is 24.2 Å². The van der Waals surface area contributed by atoms with Gasteiger partial charge in [0.2, 0.25) is 0 Å². The van der Waals surface area contributed by atoms with E-state index in [2.05, 4.69) is 10.9 Å². The SMILES string of the molecule is CC(C)c1ccccc1OCC(=O)NNC(=O)COc1ccc(Cl)cc1Cl. The summed E-state index contributed by atoms with van der Waals surface area (Å²) in [7, 11) is 0. The average Bonchev–Trinajstić information content (AvgIpc) is 2.64. The van der Waals surface area contributed by atoms with Crippen molar-refractivity contribution >= 4 is 35.0 Å². The number of rotatable bonds is 7. The van der Waals surface area contributed by atoms with Crippen molar-refractivity contribution in [2.75, 3.05) is 13.2 Å². The Hall–Kier alpha value is -2.44. The van der Waals surface area contributed by atoms with Crippen LogP contribution in [0.1, 0.15) is 25.3 Å². The van der Waals surface area contributed by atoms with Crippen molar-refractivity contribution < 1.29 is 19.1 Å². The highest BCUT2D eigenvalue weighted by Gasteiger charge is 2.11. The smallest absolute Gasteiger partial charge is 0.276 e. The van der Waals surface area contributed by atoms with Gasteiger partial charge in [0.1, 0.15) is 11.5 Å². The molecular weight excluding hydrogens is 391 g/mol. The highest BCUT2D eigenvalue weighted by Crippen LogP contribution is 2.27. The second kappa shape index (κ2) is 10.0. The van der Waals surface area contributed by atoms with E-state index >= 15 is 0 Å². The van der Waals surface area contributed by atoms with Gasteiger partial charge in [-0.2, -0.15) is 0 Å². The average molecular weight is 411 g/mol. The molecule has 0 aromatic heterocycles. The van der Waals surface area contributed by atoms with E-state index < -0.39 is 11.8 Å². The molecule has 2 rings (SSSR count). The molecule has 0 spiro atoms. The number of hydrogen-bond donors (Lipinski definition) is 2. The summed E-state index contributed by atoms with van der Waals surface area (Å²) in [4.78, 5) is 23.6. The van der Waals surface area contributed by atoms with Gasteiger partial charge in [-0.15, -0.1) is 0 Å². The molecule has 0 radical (unpaired) electrons. The summed E-state index contributed by atoms with van der Waals surface area (Å²) in [6, 6.07) is 12.1. The number of benzene rings is 2. The predicted molar refractivity (Wildman–Crippen MR) is 104 cm³/mol. The fourth-order valence-electron chi connectivity index (χ4n) is 2.18. The number of ether oxygens (including phenoxy) is 2. The van der Waals surface area contributed by atoms with Crippen molar-refractivity contribution in [2.24, 2.45) is 0 Å². The Labute approximate surface area is 167 Å². The summed E-state index contributed by atoms with van der Waals surface area (Å²) < 4.78 is 10.8. The van der Waals surface area contributed by atoms with Crippen molar-refractivity contribution in [2.45, 2.75) is 19.8 Å². The fourth-order valence-corrected chi connectivity index (χ4v) is 2.64. The minimum atomic E-state index is -0.544. The van der Waals surface area contributed by atoms with E-state index in [0.29, 0.717) is 16.5 Å². The highest BCUT2D eigenvalue weighted by molar-refractivity contribution is 6.35. The monoisotopic (exact) mass is 410 g/mol. The van der Waals surface area contributed by atoms with E-state index in [0.717, 1.165) is 5.56 Å². The summed E-state index contributed by atoms with van der Waals surface area (Å²) in [6.07, 6.45) is 0. The van der Waals surface area contributed by atoms with Gasteiger partial charge >= 0.3 is 0 Å². The van der Waals surface area contributed by atoms with Crippen LogP contribution in [0.4, 0.5) is 0 Å². The lowest BCUT2D eigenvalue weighted by molar-refractivity contribution is -0.131. The van der Waals surface area contributed by atoms with Crippen molar-refractivity contribution in [3.8, 4) is 11.5 Å². The van der Waals surface area contributed by atoms with Crippen LogP contribution in [0.25, 0.3) is 0 Å². The van der Waals surface area contributed by atoms with Crippen LogP contribution in [0.2, 0.25) is 10.0 Å². The predicted octanol–water partition coefficient (Wildman–Crippen LogP) is 3.72. The third-order valence-electron chi connectivity index (χ3n) is 3.49. The van der Waals surface area contributed by atoms with Crippen molar-refractivity contribution in [1.29, 1.82) is 0 Å². The first-order chi connectivity index (χ1) is 12.9. The Kier molecular flexibility index (Phi) is 7.76. The number of amides is 2. The first-order valence-electron chi connectivity index (χ1n) is 8.24. The molecule has 0 aliphatic carbocycles. The molecule has 8 heteroatoms. The van der Waals surface area contributed by atoms with E-state index in [1.54, 1.807) is 18.2 Å². The number of halogens is 2. The molecule has 0 saturated carbocycles. The molecule has 6 nitrogen and oxygen atoms in total. The topological polar surface area (TPSA) is 76.7 Å². The van der Waals surface area contributed by atoms with Crippen molar-refractivity contribution in [3.63, 3.8) is 0 Å². The Balaban J connectivity index is 1.74. The first kappa shape index (κ1) is 20.9. The van der Waals surface area contributed by atoms with Crippen LogP contribution in [0, 0.1) is 0 Å². The van der Waals surface area contributed by atoms with Gasteiger partial charge < -0.3 is 9.47 Å². The van der Waals surface area contributed by atoms with E-state index in [4.69, 9.17) is 32.7 Å². The Bertz CT molecular complexity index is 812. The zero-order valence-electron chi connectivity index (χ0n) is 14.9. The Morgan fingerprint density at radius 1 is 0.926 bits per heavy atom. The maximum atomic E-state index is 11.8. The summed E-state index contributed by atoms with van der Waals surface area (Å²) in [5.41, 5.74) is 5.51. The molecule has 2 amide bonds. The summed E-state index contributed by atoms with van der Waals surface area (Å²) in [5.74, 6) is 0.176. The quantitative estimate of drug-likeness (QED) is 0.681. The Morgan fingerprint density at radius 3 is 2.11 bits per heavy atom. The normalized spacial score (nSPS) is 10.4. The van der Waals surface area contributed by atoms with Crippen LogP contribution in [-0.2, 0) is 9.59 Å². The zero-order chi connectivity index (χ0) is 19.8. The standard InChI is InChI=1S/C19H20Cl2N2O4/c1-12(2)14-5-3-4-6-16(14)26-10-18(24)22-23-19(25)11-27-17-8-7-13(20)9-15(17)21/h3-9,12H,10-11H2,1-2H3,(H,22,24)(H,23,25). The van der Waals surface area contributed by atoms with Crippen LogP contribution >= 0.6 is 23.2 Å². The van der Waals surface area contributed by atoms with Gasteiger partial charge in [-0.25, -0.2) is 0 Å². The maximum Gasteiger partial charge on any atom is 0.276 e. The van der Waals surface area contributed by atoms with Gasteiger partial charge in [0.25, 0.3) is 11.8 Å². The third-order valence-corrected chi connectivity index (χ3v) is 4.02. The number of carbonyl (C=O) groups is 2. The maximum absolute atomic E-state index is 11.8. The molecular formula is C19H20Cl2N2O4. The molecule has 0 aliphatic rings. The van der Waals surface area contributed by atoms with Gasteiger partial charge in [-0.05, 0) is 35.7 Å². The van der Waals surface area contributed by atoms with Crippen molar-refractivity contribution in [1.82, 2.24) is 10.9 Å². The zero-order valence-corrected chi connectivity index (χ0v) is 16.4. The molecule has 0 saturated heterocycles. The van der Waals surface area contributed by atoms with Gasteiger partial charge in [0.15, 0.2) is 13.2 Å². The van der Waals surface area contributed by atoms with Gasteiger partial charge in [0.05, 0.1) is 5.02 Å². The van der Waals surface area contributed by atoms with E-state index in [9.17, 15) is 9.59 Å². The van der Waals surface area contributed by atoms with Crippen molar-refractivity contribution in [3.05, 3.63) is 58.1 Å². The van der Waals surface area contributed by atoms with Gasteiger partial charge in [-0.1, -0.05) is 55.2 Å². The molecule has 0 aliphatic heterocycles. The van der Waals surface area contributed by atoms with Crippen LogP contribution in [0.5, 0.6) is 11.5 Å². The van der Waals surface area contributed by atoms with E-state index in [1.165, 1.54) is 6.07 Å².